The molecule has 8 heteroatoms. The van der Waals surface area contributed by atoms with Crippen molar-refractivity contribution in [1.29, 1.82) is 0 Å². The molecule has 0 bridgehead atoms. The van der Waals surface area contributed by atoms with Gasteiger partial charge in [0.1, 0.15) is 17.3 Å². The molecular weight excluding hydrogens is 410 g/mol. The average molecular weight is 428 g/mol. The molecule has 0 N–H and O–H groups in total. The molecule has 1 aromatic heterocycles. The Labute approximate surface area is 170 Å². The van der Waals surface area contributed by atoms with Gasteiger partial charge in [-0.25, -0.2) is 4.39 Å². The van der Waals surface area contributed by atoms with E-state index < -0.39 is 12.2 Å². The SMILES string of the molecule is CC(C)Oc1cccc(F)c1-c1cc(Cl)cn1Cc1ccc(OC(F)(F)F)cc1. The van der Waals surface area contributed by atoms with E-state index in [1.807, 2.05) is 13.8 Å². The summed E-state index contributed by atoms with van der Waals surface area (Å²) >= 11 is 6.16. The summed E-state index contributed by atoms with van der Waals surface area (Å²) < 4.78 is 62.9. The van der Waals surface area contributed by atoms with E-state index in [2.05, 4.69) is 4.74 Å². The molecule has 3 nitrogen and oxygen atoms in total. The smallest absolute Gasteiger partial charge is 0.490 e. The fourth-order valence-electron chi connectivity index (χ4n) is 2.91. The number of rotatable bonds is 6. The van der Waals surface area contributed by atoms with Crippen molar-refractivity contribution >= 4 is 11.6 Å². The van der Waals surface area contributed by atoms with Crippen molar-refractivity contribution in [2.45, 2.75) is 32.9 Å². The van der Waals surface area contributed by atoms with Crippen molar-refractivity contribution in [2.75, 3.05) is 0 Å². The molecule has 0 atom stereocenters. The van der Waals surface area contributed by atoms with Gasteiger partial charge in [-0.05, 0) is 49.7 Å². The van der Waals surface area contributed by atoms with Crippen LogP contribution >= 0.6 is 11.6 Å². The Hall–Kier alpha value is -2.67. The lowest BCUT2D eigenvalue weighted by molar-refractivity contribution is -0.274. The monoisotopic (exact) mass is 427 g/mol. The fraction of sp³-hybridized carbons (Fsp3) is 0.238. The summed E-state index contributed by atoms with van der Waals surface area (Å²) in [6, 6.07) is 11.6. The third kappa shape index (κ3) is 5.44. The number of nitrogens with zero attached hydrogens (tertiary/aromatic N) is 1. The van der Waals surface area contributed by atoms with Crippen LogP contribution in [0.2, 0.25) is 5.02 Å². The second kappa shape index (κ2) is 8.37. The number of ether oxygens (including phenoxy) is 2. The van der Waals surface area contributed by atoms with Crippen LogP contribution in [-0.4, -0.2) is 17.0 Å². The molecule has 0 saturated heterocycles. The maximum atomic E-state index is 14.7. The summed E-state index contributed by atoms with van der Waals surface area (Å²) in [7, 11) is 0. The van der Waals surface area contributed by atoms with Gasteiger partial charge in [0.15, 0.2) is 0 Å². The second-order valence-corrected chi connectivity index (χ2v) is 7.08. The van der Waals surface area contributed by atoms with Gasteiger partial charge >= 0.3 is 6.36 Å². The third-order valence-corrected chi connectivity index (χ3v) is 4.17. The van der Waals surface area contributed by atoms with Crippen LogP contribution in [0.1, 0.15) is 19.4 Å². The van der Waals surface area contributed by atoms with Crippen molar-refractivity contribution in [3.05, 3.63) is 71.1 Å². The van der Waals surface area contributed by atoms with E-state index in [-0.39, 0.29) is 24.0 Å². The first kappa shape index (κ1) is 21.0. The molecule has 0 amide bonds. The summed E-state index contributed by atoms with van der Waals surface area (Å²) in [5.74, 6) is -0.397. The zero-order chi connectivity index (χ0) is 21.2. The normalized spacial score (nSPS) is 11.7. The van der Waals surface area contributed by atoms with Gasteiger partial charge in [-0.1, -0.05) is 29.8 Å². The maximum absolute atomic E-state index is 14.7. The number of aromatic nitrogens is 1. The standard InChI is InChI=1S/C21H18ClF4NO2/c1-13(2)28-19-5-3-4-17(23)20(19)18-10-15(22)12-27(18)11-14-6-8-16(9-7-14)29-21(24,25)26/h3-10,12-13H,11H2,1-2H3. The molecule has 3 rings (SSSR count). The molecule has 0 saturated carbocycles. The van der Waals surface area contributed by atoms with E-state index >= 15 is 0 Å². The van der Waals surface area contributed by atoms with Gasteiger partial charge < -0.3 is 14.0 Å². The van der Waals surface area contributed by atoms with E-state index in [4.69, 9.17) is 16.3 Å². The number of halogens is 5. The van der Waals surface area contributed by atoms with Gasteiger partial charge in [-0.3, -0.25) is 0 Å². The predicted octanol–water partition coefficient (Wildman–Crippen LogP) is 6.68. The number of hydrogen-bond donors (Lipinski definition) is 0. The van der Waals surface area contributed by atoms with Gasteiger partial charge in [-0.15, -0.1) is 13.2 Å². The van der Waals surface area contributed by atoms with E-state index in [0.717, 1.165) is 0 Å². The first-order valence-corrected chi connectivity index (χ1v) is 9.16. The third-order valence-electron chi connectivity index (χ3n) is 3.97. The van der Waals surface area contributed by atoms with Crippen molar-refractivity contribution in [1.82, 2.24) is 4.57 Å². The highest BCUT2D eigenvalue weighted by Crippen LogP contribution is 2.36. The predicted molar refractivity (Wildman–Crippen MR) is 103 cm³/mol. The minimum Gasteiger partial charge on any atom is -0.490 e. The Bertz CT molecular complexity index is 981. The van der Waals surface area contributed by atoms with Crippen LogP contribution in [0.15, 0.2) is 54.7 Å². The molecule has 154 valence electrons. The minimum absolute atomic E-state index is 0.157. The number of benzene rings is 2. The molecule has 29 heavy (non-hydrogen) atoms. The molecule has 2 aromatic carbocycles. The lowest BCUT2D eigenvalue weighted by Gasteiger charge is -2.17. The van der Waals surface area contributed by atoms with Crippen molar-refractivity contribution < 1.29 is 27.0 Å². The first-order chi connectivity index (χ1) is 13.6. The van der Waals surface area contributed by atoms with Gasteiger partial charge in [-0.2, -0.15) is 0 Å². The quantitative estimate of drug-likeness (QED) is 0.409. The maximum Gasteiger partial charge on any atom is 0.573 e. The van der Waals surface area contributed by atoms with Crippen LogP contribution in [0.5, 0.6) is 11.5 Å². The average Bonchev–Trinajstić information content (AvgIpc) is 2.95. The molecule has 0 spiro atoms. The summed E-state index contributed by atoms with van der Waals surface area (Å²) in [5.41, 5.74) is 1.46. The van der Waals surface area contributed by atoms with Crippen LogP contribution in [0, 0.1) is 5.82 Å². The number of alkyl halides is 3. The second-order valence-electron chi connectivity index (χ2n) is 6.64. The zero-order valence-electron chi connectivity index (χ0n) is 15.6. The molecule has 1 heterocycles. The van der Waals surface area contributed by atoms with Gasteiger partial charge in [0.05, 0.1) is 22.4 Å². The Morgan fingerprint density at radius 1 is 1.07 bits per heavy atom. The van der Waals surface area contributed by atoms with Crippen LogP contribution in [0.4, 0.5) is 17.6 Å². The lowest BCUT2D eigenvalue weighted by atomic mass is 10.1. The summed E-state index contributed by atoms with van der Waals surface area (Å²) in [6.45, 7) is 3.94. The van der Waals surface area contributed by atoms with Crippen LogP contribution < -0.4 is 9.47 Å². The molecule has 0 fully saturated rings. The van der Waals surface area contributed by atoms with Crippen LogP contribution in [0.25, 0.3) is 11.3 Å². The number of hydrogen-bond acceptors (Lipinski definition) is 2. The molecule has 3 aromatic rings. The lowest BCUT2D eigenvalue weighted by Crippen LogP contribution is -2.17. The highest BCUT2D eigenvalue weighted by Gasteiger charge is 2.31. The summed E-state index contributed by atoms with van der Waals surface area (Å²) in [6.07, 6.45) is -3.28. The Morgan fingerprint density at radius 2 is 1.76 bits per heavy atom. The molecule has 0 unspecified atom stereocenters. The minimum atomic E-state index is -4.75. The van der Waals surface area contributed by atoms with Gasteiger partial charge in [0.25, 0.3) is 0 Å². The largest absolute Gasteiger partial charge is 0.573 e. The highest BCUT2D eigenvalue weighted by atomic mass is 35.5. The Kier molecular flexibility index (Phi) is 6.07. The topological polar surface area (TPSA) is 23.4 Å². The Balaban J connectivity index is 1.93. The Morgan fingerprint density at radius 3 is 2.38 bits per heavy atom. The molecule has 0 radical (unpaired) electrons. The van der Waals surface area contributed by atoms with E-state index in [1.54, 1.807) is 29.0 Å². The highest BCUT2D eigenvalue weighted by molar-refractivity contribution is 6.30. The summed E-state index contributed by atoms with van der Waals surface area (Å²) in [4.78, 5) is 0. The van der Waals surface area contributed by atoms with Gasteiger partial charge in [0, 0.05) is 12.7 Å². The van der Waals surface area contributed by atoms with Crippen molar-refractivity contribution in [3.63, 3.8) is 0 Å². The van der Waals surface area contributed by atoms with Crippen molar-refractivity contribution in [2.24, 2.45) is 0 Å². The molecular formula is C21H18ClF4NO2. The molecule has 0 aliphatic carbocycles. The van der Waals surface area contributed by atoms with E-state index in [1.165, 1.54) is 30.3 Å². The van der Waals surface area contributed by atoms with E-state index in [0.29, 0.717) is 22.0 Å². The van der Waals surface area contributed by atoms with Crippen LogP contribution in [0.3, 0.4) is 0 Å². The summed E-state index contributed by atoms with van der Waals surface area (Å²) in [5, 5.41) is 0.399. The molecule has 0 aliphatic heterocycles. The van der Waals surface area contributed by atoms with E-state index in [9.17, 15) is 17.6 Å². The van der Waals surface area contributed by atoms with Gasteiger partial charge in [0.2, 0.25) is 0 Å². The fourth-order valence-corrected chi connectivity index (χ4v) is 3.14. The van der Waals surface area contributed by atoms with Crippen LogP contribution in [-0.2, 0) is 6.54 Å². The zero-order valence-corrected chi connectivity index (χ0v) is 16.4. The molecule has 0 aliphatic rings. The van der Waals surface area contributed by atoms with Crippen molar-refractivity contribution in [3.8, 4) is 22.8 Å². The first-order valence-electron chi connectivity index (χ1n) is 8.78.